The van der Waals surface area contributed by atoms with E-state index in [-0.39, 0.29) is 5.78 Å². The Morgan fingerprint density at radius 1 is 1.22 bits per heavy atom. The first-order valence-electron chi connectivity index (χ1n) is 6.34. The predicted molar refractivity (Wildman–Crippen MR) is 73.6 cm³/mol. The Labute approximate surface area is 116 Å². The zero-order valence-electron chi connectivity index (χ0n) is 10.5. The first-order chi connectivity index (χ1) is 8.72. The Hall–Kier alpha value is -1.03. The number of ether oxygens (including phenoxy) is 2. The predicted octanol–water partition coefficient (Wildman–Crippen LogP) is 3.98. The number of rotatable bonds is 5. The first kappa shape index (κ1) is 13.4. The number of unbranched alkanes of at least 4 members (excludes halogenated alkanes) is 2. The molecule has 1 aliphatic heterocycles. The SMILES string of the molecule is CCCCCC(=O)c1cc2c(cc1Br)OCCO2. The minimum absolute atomic E-state index is 0.160. The second-order valence-electron chi connectivity index (χ2n) is 4.36. The van der Waals surface area contributed by atoms with E-state index in [1.807, 2.05) is 6.07 Å². The van der Waals surface area contributed by atoms with Crippen LogP contribution in [-0.2, 0) is 0 Å². The van der Waals surface area contributed by atoms with Gasteiger partial charge in [0.1, 0.15) is 13.2 Å². The van der Waals surface area contributed by atoms with E-state index in [1.165, 1.54) is 0 Å². The molecule has 1 aliphatic rings. The Bertz CT molecular complexity index is 443. The molecule has 0 amide bonds. The number of carbonyl (C=O) groups is 1. The summed E-state index contributed by atoms with van der Waals surface area (Å²) >= 11 is 3.43. The molecule has 0 spiro atoms. The number of benzene rings is 1. The molecule has 0 fully saturated rings. The molecule has 3 nitrogen and oxygen atoms in total. The molecule has 0 saturated heterocycles. The maximum atomic E-state index is 12.1. The van der Waals surface area contributed by atoms with E-state index in [0.717, 1.165) is 23.7 Å². The highest BCUT2D eigenvalue weighted by Crippen LogP contribution is 2.36. The molecule has 1 heterocycles. The molecule has 0 radical (unpaired) electrons. The topological polar surface area (TPSA) is 35.5 Å². The molecule has 4 heteroatoms. The fraction of sp³-hybridized carbons (Fsp3) is 0.500. The van der Waals surface area contributed by atoms with Gasteiger partial charge in [-0.1, -0.05) is 19.8 Å². The van der Waals surface area contributed by atoms with Gasteiger partial charge < -0.3 is 9.47 Å². The summed E-state index contributed by atoms with van der Waals surface area (Å²) in [5.41, 5.74) is 0.690. The van der Waals surface area contributed by atoms with Crippen LogP contribution in [0.5, 0.6) is 11.5 Å². The van der Waals surface area contributed by atoms with Gasteiger partial charge in [-0.05, 0) is 34.5 Å². The number of halogens is 1. The van der Waals surface area contributed by atoms with Gasteiger partial charge in [0.2, 0.25) is 0 Å². The van der Waals surface area contributed by atoms with Crippen LogP contribution in [0.25, 0.3) is 0 Å². The second-order valence-corrected chi connectivity index (χ2v) is 5.21. The van der Waals surface area contributed by atoms with Gasteiger partial charge in [0.05, 0.1) is 0 Å². The van der Waals surface area contributed by atoms with Crippen molar-refractivity contribution in [2.75, 3.05) is 13.2 Å². The molecule has 0 bridgehead atoms. The van der Waals surface area contributed by atoms with E-state index >= 15 is 0 Å². The Balaban J connectivity index is 2.14. The molecular weight excluding hydrogens is 296 g/mol. The third-order valence-corrected chi connectivity index (χ3v) is 3.60. The van der Waals surface area contributed by atoms with Crippen LogP contribution in [0.4, 0.5) is 0 Å². The molecule has 1 aromatic rings. The first-order valence-corrected chi connectivity index (χ1v) is 7.14. The summed E-state index contributed by atoms with van der Waals surface area (Å²) < 4.78 is 11.8. The quantitative estimate of drug-likeness (QED) is 0.609. The summed E-state index contributed by atoms with van der Waals surface area (Å²) in [6.07, 6.45) is 3.74. The van der Waals surface area contributed by atoms with Crippen molar-refractivity contribution >= 4 is 21.7 Å². The van der Waals surface area contributed by atoms with Crippen LogP contribution in [0.3, 0.4) is 0 Å². The van der Waals surface area contributed by atoms with Crippen LogP contribution >= 0.6 is 15.9 Å². The lowest BCUT2D eigenvalue weighted by atomic mass is 10.0. The van der Waals surface area contributed by atoms with Gasteiger partial charge in [0.15, 0.2) is 17.3 Å². The minimum Gasteiger partial charge on any atom is -0.486 e. The van der Waals surface area contributed by atoms with Gasteiger partial charge in [-0.25, -0.2) is 0 Å². The summed E-state index contributed by atoms with van der Waals surface area (Å²) in [7, 11) is 0. The smallest absolute Gasteiger partial charge is 0.164 e. The Kier molecular flexibility index (Phi) is 4.64. The van der Waals surface area contributed by atoms with Crippen molar-refractivity contribution in [2.24, 2.45) is 0 Å². The number of Topliss-reactive ketones (excluding diaryl/α,β-unsaturated/α-hetero) is 1. The third-order valence-electron chi connectivity index (χ3n) is 2.94. The van der Waals surface area contributed by atoms with Crippen LogP contribution in [-0.4, -0.2) is 19.0 Å². The average molecular weight is 313 g/mol. The van der Waals surface area contributed by atoms with Crippen LogP contribution < -0.4 is 9.47 Å². The van der Waals surface area contributed by atoms with Gasteiger partial charge in [0, 0.05) is 16.5 Å². The number of carbonyl (C=O) groups excluding carboxylic acids is 1. The zero-order valence-corrected chi connectivity index (χ0v) is 12.1. The van der Waals surface area contributed by atoms with Crippen molar-refractivity contribution in [3.8, 4) is 11.5 Å². The van der Waals surface area contributed by atoms with Gasteiger partial charge in [-0.15, -0.1) is 0 Å². The molecule has 0 unspecified atom stereocenters. The van der Waals surface area contributed by atoms with E-state index in [0.29, 0.717) is 36.7 Å². The van der Waals surface area contributed by atoms with Crippen LogP contribution in [0.1, 0.15) is 43.0 Å². The molecule has 0 aliphatic carbocycles. The third kappa shape index (κ3) is 3.05. The number of hydrogen-bond donors (Lipinski definition) is 0. The summed E-state index contributed by atoms with van der Waals surface area (Å²) in [5, 5.41) is 0. The van der Waals surface area contributed by atoms with Crippen molar-refractivity contribution in [3.63, 3.8) is 0 Å². The van der Waals surface area contributed by atoms with Gasteiger partial charge in [-0.2, -0.15) is 0 Å². The van der Waals surface area contributed by atoms with Gasteiger partial charge in [0.25, 0.3) is 0 Å². The summed E-state index contributed by atoms with van der Waals surface area (Å²) in [6, 6.07) is 3.61. The van der Waals surface area contributed by atoms with Crippen molar-refractivity contribution in [2.45, 2.75) is 32.6 Å². The van der Waals surface area contributed by atoms with E-state index < -0.39 is 0 Å². The molecule has 0 atom stereocenters. The minimum atomic E-state index is 0.160. The molecule has 0 aromatic heterocycles. The zero-order chi connectivity index (χ0) is 13.0. The maximum absolute atomic E-state index is 12.1. The second kappa shape index (κ2) is 6.23. The summed E-state index contributed by atoms with van der Waals surface area (Å²) in [5.74, 6) is 1.54. The number of hydrogen-bond acceptors (Lipinski definition) is 3. The highest BCUT2D eigenvalue weighted by Gasteiger charge is 2.18. The largest absolute Gasteiger partial charge is 0.486 e. The Morgan fingerprint density at radius 2 is 1.89 bits per heavy atom. The van der Waals surface area contributed by atoms with Crippen molar-refractivity contribution in [3.05, 3.63) is 22.2 Å². The molecule has 98 valence electrons. The molecule has 0 N–H and O–H groups in total. The summed E-state index contributed by atoms with van der Waals surface area (Å²) in [6.45, 7) is 3.23. The van der Waals surface area contributed by atoms with Gasteiger partial charge in [-0.3, -0.25) is 4.79 Å². The van der Waals surface area contributed by atoms with E-state index in [1.54, 1.807) is 6.07 Å². The lowest BCUT2D eigenvalue weighted by Gasteiger charge is -2.19. The molecule has 0 saturated carbocycles. The lowest BCUT2D eigenvalue weighted by molar-refractivity contribution is 0.0977. The van der Waals surface area contributed by atoms with E-state index in [4.69, 9.17) is 9.47 Å². The lowest BCUT2D eigenvalue weighted by Crippen LogP contribution is -2.16. The molecule has 2 rings (SSSR count). The Morgan fingerprint density at radius 3 is 2.56 bits per heavy atom. The van der Waals surface area contributed by atoms with Crippen LogP contribution in [0.2, 0.25) is 0 Å². The number of fused-ring (bicyclic) bond motifs is 1. The molecule has 18 heavy (non-hydrogen) atoms. The van der Waals surface area contributed by atoms with Gasteiger partial charge >= 0.3 is 0 Å². The van der Waals surface area contributed by atoms with Crippen LogP contribution in [0.15, 0.2) is 16.6 Å². The monoisotopic (exact) mass is 312 g/mol. The highest BCUT2D eigenvalue weighted by atomic mass is 79.9. The maximum Gasteiger partial charge on any atom is 0.164 e. The van der Waals surface area contributed by atoms with E-state index in [9.17, 15) is 4.79 Å². The number of ketones is 1. The summed E-state index contributed by atoms with van der Waals surface area (Å²) in [4.78, 5) is 12.1. The normalized spacial score (nSPS) is 13.4. The van der Waals surface area contributed by atoms with E-state index in [2.05, 4.69) is 22.9 Å². The molecule has 1 aromatic carbocycles. The van der Waals surface area contributed by atoms with Crippen molar-refractivity contribution in [1.82, 2.24) is 0 Å². The molecular formula is C14H17BrO3. The van der Waals surface area contributed by atoms with Crippen molar-refractivity contribution in [1.29, 1.82) is 0 Å². The standard InChI is InChI=1S/C14H17BrO3/c1-2-3-4-5-12(16)10-8-13-14(9-11(10)15)18-7-6-17-13/h8-9H,2-7H2,1H3. The fourth-order valence-corrected chi connectivity index (χ4v) is 2.49. The van der Waals surface area contributed by atoms with Crippen molar-refractivity contribution < 1.29 is 14.3 Å². The average Bonchev–Trinajstić information content (AvgIpc) is 2.38. The highest BCUT2D eigenvalue weighted by molar-refractivity contribution is 9.10. The fourth-order valence-electron chi connectivity index (χ4n) is 1.95. The van der Waals surface area contributed by atoms with Crippen LogP contribution in [0, 0.1) is 0 Å².